The van der Waals surface area contributed by atoms with Crippen molar-refractivity contribution in [2.75, 3.05) is 13.1 Å². The zero-order chi connectivity index (χ0) is 14.3. The third-order valence-electron chi connectivity index (χ3n) is 3.92. The quantitative estimate of drug-likeness (QED) is 0.826. The topological polar surface area (TPSA) is 65.2 Å². The Labute approximate surface area is 117 Å². The molecule has 0 radical (unpaired) electrons. The van der Waals surface area contributed by atoms with Gasteiger partial charge in [-0.3, -0.25) is 9.59 Å². The predicted molar refractivity (Wildman–Crippen MR) is 76.4 cm³/mol. The summed E-state index contributed by atoms with van der Waals surface area (Å²) in [7, 11) is 0. The lowest BCUT2D eigenvalue weighted by Crippen LogP contribution is -2.63. The molecule has 5 nitrogen and oxygen atoms in total. The highest BCUT2D eigenvalue weighted by molar-refractivity contribution is 6.08. The molecule has 3 rings (SSSR count). The van der Waals surface area contributed by atoms with Crippen LogP contribution in [-0.2, 0) is 4.79 Å². The molecule has 1 aromatic carbocycles. The Bertz CT molecular complexity index is 687. The van der Waals surface area contributed by atoms with Crippen LogP contribution >= 0.6 is 0 Å². The summed E-state index contributed by atoms with van der Waals surface area (Å²) in [6, 6.07) is 7.67. The first-order chi connectivity index (χ1) is 9.51. The van der Waals surface area contributed by atoms with Gasteiger partial charge in [0, 0.05) is 30.2 Å². The Morgan fingerprint density at radius 2 is 2.05 bits per heavy atom. The number of H-pyrrole nitrogens is 1. The minimum Gasteiger partial charge on any atom is -0.360 e. The summed E-state index contributed by atoms with van der Waals surface area (Å²) in [5.41, 5.74) is 0.715. The number of amides is 2. The zero-order valence-electron chi connectivity index (χ0n) is 11.6. The predicted octanol–water partition coefficient (Wildman–Crippen LogP) is 1.52. The summed E-state index contributed by atoms with van der Waals surface area (Å²) >= 11 is 0. The normalized spacial score (nSPS) is 18.1. The Kier molecular flexibility index (Phi) is 2.78. The fourth-order valence-electron chi connectivity index (χ4n) is 2.65. The van der Waals surface area contributed by atoms with Gasteiger partial charge in [-0.25, -0.2) is 0 Å². The van der Waals surface area contributed by atoms with Crippen LogP contribution in [0.2, 0.25) is 0 Å². The van der Waals surface area contributed by atoms with E-state index in [-0.39, 0.29) is 11.8 Å². The molecule has 0 bridgehead atoms. The molecule has 1 aliphatic heterocycles. The molecule has 1 fully saturated rings. The lowest BCUT2D eigenvalue weighted by Gasteiger charge is -2.41. The highest BCUT2D eigenvalue weighted by Crippen LogP contribution is 2.24. The number of para-hydroxylation sites is 1. The molecule has 0 unspecified atom stereocenters. The monoisotopic (exact) mass is 271 g/mol. The van der Waals surface area contributed by atoms with E-state index >= 15 is 0 Å². The van der Waals surface area contributed by atoms with Gasteiger partial charge in [-0.2, -0.15) is 0 Å². The summed E-state index contributed by atoms with van der Waals surface area (Å²) in [5, 5.41) is 3.69. The van der Waals surface area contributed by atoms with Gasteiger partial charge in [-0.05, 0) is 19.9 Å². The van der Waals surface area contributed by atoms with E-state index in [0.717, 1.165) is 10.9 Å². The van der Waals surface area contributed by atoms with Crippen LogP contribution in [0.15, 0.2) is 30.5 Å². The van der Waals surface area contributed by atoms with E-state index in [1.165, 1.54) is 0 Å². The molecule has 0 atom stereocenters. The highest BCUT2D eigenvalue weighted by atomic mass is 16.2. The summed E-state index contributed by atoms with van der Waals surface area (Å²) in [6.45, 7) is 4.57. The van der Waals surface area contributed by atoms with Gasteiger partial charge >= 0.3 is 0 Å². The highest BCUT2D eigenvalue weighted by Gasteiger charge is 2.41. The molecule has 2 aromatic rings. The number of benzene rings is 1. The molecule has 0 aliphatic carbocycles. The van der Waals surface area contributed by atoms with Crippen LogP contribution in [0.3, 0.4) is 0 Å². The third-order valence-corrected chi connectivity index (χ3v) is 3.92. The van der Waals surface area contributed by atoms with Crippen molar-refractivity contribution in [2.45, 2.75) is 19.4 Å². The smallest absolute Gasteiger partial charge is 0.256 e. The van der Waals surface area contributed by atoms with Crippen LogP contribution in [-0.4, -0.2) is 40.3 Å². The standard InChI is InChI=1S/C15H17N3O2/c1-15(2)14(20)16-7-8-18(15)13(19)11-9-17-12-6-4-3-5-10(11)12/h3-6,9,17H,7-8H2,1-2H3,(H,16,20). The van der Waals surface area contributed by atoms with Crippen molar-refractivity contribution < 1.29 is 9.59 Å². The molecule has 2 N–H and O–H groups in total. The molecule has 0 saturated carbocycles. The number of carbonyl (C=O) groups excluding carboxylic acids is 2. The maximum Gasteiger partial charge on any atom is 0.256 e. The van der Waals surface area contributed by atoms with Gasteiger partial charge in [0.15, 0.2) is 0 Å². The second-order valence-electron chi connectivity index (χ2n) is 5.52. The molecule has 20 heavy (non-hydrogen) atoms. The van der Waals surface area contributed by atoms with Gasteiger partial charge in [0.05, 0.1) is 5.56 Å². The first-order valence-electron chi connectivity index (χ1n) is 6.68. The minimum atomic E-state index is -0.826. The Morgan fingerprint density at radius 3 is 2.85 bits per heavy atom. The van der Waals surface area contributed by atoms with Crippen LogP contribution in [0.1, 0.15) is 24.2 Å². The molecule has 0 spiro atoms. The number of rotatable bonds is 1. The second-order valence-corrected chi connectivity index (χ2v) is 5.52. The van der Waals surface area contributed by atoms with Crippen LogP contribution in [0.25, 0.3) is 10.9 Å². The van der Waals surface area contributed by atoms with Gasteiger partial charge < -0.3 is 15.2 Å². The molecular weight excluding hydrogens is 254 g/mol. The van der Waals surface area contributed by atoms with Crippen LogP contribution in [0, 0.1) is 0 Å². The largest absolute Gasteiger partial charge is 0.360 e. The SMILES string of the molecule is CC1(C)C(=O)NCCN1C(=O)c1c[nH]c2ccccc12. The molecule has 104 valence electrons. The molecule has 5 heteroatoms. The van der Waals surface area contributed by atoms with Gasteiger partial charge in [0.2, 0.25) is 5.91 Å². The Balaban J connectivity index is 2.02. The molecule has 1 saturated heterocycles. The van der Waals surface area contributed by atoms with Gasteiger partial charge in [-0.1, -0.05) is 18.2 Å². The summed E-state index contributed by atoms with van der Waals surface area (Å²) in [5.74, 6) is -0.223. The second kappa shape index (κ2) is 4.37. The lowest BCUT2D eigenvalue weighted by molar-refractivity contribution is -0.133. The number of piperazine rings is 1. The number of aromatic amines is 1. The summed E-state index contributed by atoms with van der Waals surface area (Å²) in [4.78, 5) is 29.5. The molecule has 2 amide bonds. The number of fused-ring (bicyclic) bond motifs is 1. The van der Waals surface area contributed by atoms with Gasteiger partial charge in [0.1, 0.15) is 5.54 Å². The minimum absolute atomic E-state index is 0.109. The number of nitrogens with zero attached hydrogens (tertiary/aromatic N) is 1. The van der Waals surface area contributed by atoms with Gasteiger partial charge in [-0.15, -0.1) is 0 Å². The zero-order valence-corrected chi connectivity index (χ0v) is 11.6. The van der Waals surface area contributed by atoms with E-state index in [9.17, 15) is 9.59 Å². The van der Waals surface area contributed by atoms with Crippen molar-refractivity contribution in [2.24, 2.45) is 0 Å². The molecule has 1 aromatic heterocycles. The van der Waals surface area contributed by atoms with Crippen LogP contribution in [0.5, 0.6) is 0 Å². The van der Waals surface area contributed by atoms with Crippen molar-refractivity contribution in [1.82, 2.24) is 15.2 Å². The fraction of sp³-hybridized carbons (Fsp3) is 0.333. The number of carbonyl (C=O) groups is 2. The maximum absolute atomic E-state index is 12.8. The number of hydrogen-bond acceptors (Lipinski definition) is 2. The average Bonchev–Trinajstić information content (AvgIpc) is 2.85. The van der Waals surface area contributed by atoms with E-state index in [4.69, 9.17) is 0 Å². The van der Waals surface area contributed by atoms with Gasteiger partial charge in [0.25, 0.3) is 5.91 Å². The summed E-state index contributed by atoms with van der Waals surface area (Å²) < 4.78 is 0. The van der Waals surface area contributed by atoms with Crippen molar-refractivity contribution in [3.05, 3.63) is 36.0 Å². The maximum atomic E-state index is 12.8. The molecule has 1 aliphatic rings. The molecule has 2 heterocycles. The van der Waals surface area contributed by atoms with Crippen LogP contribution < -0.4 is 5.32 Å². The van der Waals surface area contributed by atoms with Crippen molar-refractivity contribution in [1.29, 1.82) is 0 Å². The first-order valence-corrected chi connectivity index (χ1v) is 6.68. The Morgan fingerprint density at radius 1 is 1.30 bits per heavy atom. The van der Waals surface area contributed by atoms with E-state index in [1.54, 1.807) is 24.9 Å². The van der Waals surface area contributed by atoms with E-state index in [1.807, 2.05) is 24.3 Å². The van der Waals surface area contributed by atoms with Crippen molar-refractivity contribution >= 4 is 22.7 Å². The van der Waals surface area contributed by atoms with Crippen molar-refractivity contribution in [3.8, 4) is 0 Å². The number of hydrogen-bond donors (Lipinski definition) is 2. The average molecular weight is 271 g/mol. The van der Waals surface area contributed by atoms with E-state index < -0.39 is 5.54 Å². The molecular formula is C15H17N3O2. The fourth-order valence-corrected chi connectivity index (χ4v) is 2.65. The lowest BCUT2D eigenvalue weighted by atomic mass is 9.97. The third kappa shape index (κ3) is 1.78. The Hall–Kier alpha value is -2.30. The first kappa shape index (κ1) is 12.7. The summed E-state index contributed by atoms with van der Waals surface area (Å²) in [6.07, 6.45) is 1.72. The van der Waals surface area contributed by atoms with Crippen LogP contribution in [0.4, 0.5) is 0 Å². The van der Waals surface area contributed by atoms with Crippen molar-refractivity contribution in [3.63, 3.8) is 0 Å². The van der Waals surface area contributed by atoms with E-state index in [0.29, 0.717) is 18.7 Å². The van der Waals surface area contributed by atoms with E-state index in [2.05, 4.69) is 10.3 Å². The number of aromatic nitrogens is 1. The number of nitrogens with one attached hydrogen (secondary N) is 2.